The Labute approximate surface area is 136 Å². The van der Waals surface area contributed by atoms with Crippen LogP contribution in [0.4, 0.5) is 8.78 Å². The van der Waals surface area contributed by atoms with Crippen molar-refractivity contribution in [3.63, 3.8) is 0 Å². The summed E-state index contributed by atoms with van der Waals surface area (Å²) in [7, 11) is 0. The monoisotopic (exact) mass is 325 g/mol. The van der Waals surface area contributed by atoms with Crippen LogP contribution in [0.2, 0.25) is 0 Å². The second-order valence-electron chi connectivity index (χ2n) is 6.62. The summed E-state index contributed by atoms with van der Waals surface area (Å²) < 4.78 is 32.5. The van der Waals surface area contributed by atoms with Gasteiger partial charge in [0.25, 0.3) is 0 Å². The molecule has 1 fully saturated rings. The molecule has 1 saturated carbocycles. The average Bonchev–Trinajstić information content (AvgIpc) is 2.45. The lowest BCUT2D eigenvalue weighted by Gasteiger charge is -2.29. The maximum absolute atomic E-state index is 13.5. The molecule has 0 bridgehead atoms. The highest BCUT2D eigenvalue weighted by atomic mass is 19.3. The van der Waals surface area contributed by atoms with E-state index in [0.717, 1.165) is 11.3 Å². The summed E-state index contributed by atoms with van der Waals surface area (Å²) in [6.45, 7) is 5.75. The van der Waals surface area contributed by atoms with E-state index in [-0.39, 0.29) is 30.9 Å². The quantitative estimate of drug-likeness (QED) is 0.867. The van der Waals surface area contributed by atoms with Gasteiger partial charge in [-0.05, 0) is 51.3 Å². The van der Waals surface area contributed by atoms with Gasteiger partial charge in [0.15, 0.2) is 0 Å². The average molecular weight is 325 g/mol. The molecule has 23 heavy (non-hydrogen) atoms. The van der Waals surface area contributed by atoms with E-state index >= 15 is 0 Å². The molecule has 1 aromatic rings. The van der Waals surface area contributed by atoms with Gasteiger partial charge in [-0.15, -0.1) is 0 Å². The summed E-state index contributed by atoms with van der Waals surface area (Å²) >= 11 is 0. The van der Waals surface area contributed by atoms with E-state index in [4.69, 9.17) is 4.74 Å². The predicted octanol–water partition coefficient (Wildman–Crippen LogP) is 4.48. The third-order valence-corrected chi connectivity index (χ3v) is 4.10. The van der Waals surface area contributed by atoms with Crippen molar-refractivity contribution < 1.29 is 18.3 Å². The van der Waals surface area contributed by atoms with Crippen LogP contribution in [0.25, 0.3) is 0 Å². The summed E-state index contributed by atoms with van der Waals surface area (Å²) in [5.74, 6) is -2.86. The largest absolute Gasteiger partial charge is 0.491 e. The minimum atomic E-state index is -2.71. The Hall–Kier alpha value is -1.65. The van der Waals surface area contributed by atoms with Crippen LogP contribution in [-0.2, 0) is 4.79 Å². The van der Waals surface area contributed by atoms with Gasteiger partial charge in [-0.25, -0.2) is 8.78 Å². The Morgan fingerprint density at radius 1 is 1.35 bits per heavy atom. The number of ether oxygens (including phenoxy) is 1. The van der Waals surface area contributed by atoms with Crippen molar-refractivity contribution in [2.75, 3.05) is 0 Å². The summed E-state index contributed by atoms with van der Waals surface area (Å²) in [5.41, 5.74) is 0.902. The lowest BCUT2D eigenvalue weighted by atomic mass is 9.85. The number of rotatable bonds is 5. The molecule has 0 heterocycles. The predicted molar refractivity (Wildman–Crippen MR) is 85.7 cm³/mol. The van der Waals surface area contributed by atoms with Crippen molar-refractivity contribution in [2.24, 2.45) is 5.92 Å². The molecule has 3 nitrogen and oxygen atoms in total. The maximum Gasteiger partial charge on any atom is 0.248 e. The molecular weight excluding hydrogens is 300 g/mol. The molecule has 0 spiro atoms. The van der Waals surface area contributed by atoms with Crippen molar-refractivity contribution in [1.82, 2.24) is 5.32 Å². The minimum absolute atomic E-state index is 0.0691. The molecule has 128 valence electrons. The molecule has 0 aromatic heterocycles. The number of carbonyl (C=O) groups excluding carboxylic acids is 1. The van der Waals surface area contributed by atoms with Gasteiger partial charge >= 0.3 is 0 Å². The third-order valence-electron chi connectivity index (χ3n) is 4.10. The van der Waals surface area contributed by atoms with Crippen LogP contribution in [0.15, 0.2) is 24.3 Å². The zero-order valence-electron chi connectivity index (χ0n) is 13.9. The second kappa shape index (κ2) is 7.28. The summed E-state index contributed by atoms with van der Waals surface area (Å²) in [6.07, 6.45) is 0.546. The van der Waals surface area contributed by atoms with E-state index in [9.17, 15) is 13.6 Å². The second-order valence-corrected chi connectivity index (χ2v) is 6.62. The zero-order chi connectivity index (χ0) is 17.0. The smallest absolute Gasteiger partial charge is 0.248 e. The van der Waals surface area contributed by atoms with E-state index in [1.807, 2.05) is 45.0 Å². The number of hydrogen-bond donors (Lipinski definition) is 1. The van der Waals surface area contributed by atoms with Crippen molar-refractivity contribution in [3.8, 4) is 5.75 Å². The fraction of sp³-hybridized carbons (Fsp3) is 0.611. The number of nitrogens with one attached hydrogen (secondary N) is 1. The molecule has 5 heteroatoms. The van der Waals surface area contributed by atoms with Crippen LogP contribution in [0.3, 0.4) is 0 Å². The van der Waals surface area contributed by atoms with Crippen LogP contribution in [0.5, 0.6) is 5.75 Å². The first-order valence-corrected chi connectivity index (χ1v) is 8.21. The highest BCUT2D eigenvalue weighted by molar-refractivity contribution is 5.79. The fourth-order valence-electron chi connectivity index (χ4n) is 2.94. The van der Waals surface area contributed by atoms with Gasteiger partial charge in [-0.2, -0.15) is 0 Å². The van der Waals surface area contributed by atoms with Crippen LogP contribution >= 0.6 is 0 Å². The first-order valence-electron chi connectivity index (χ1n) is 8.21. The number of alkyl halides is 2. The molecular formula is C18H25F2NO2. The molecule has 0 aliphatic heterocycles. The standard InChI is InChI=1S/C18H25F2NO2/c1-12(2)23-16-8-4-6-14(10-16)13(3)21-17(22)15-7-5-9-18(19,20)11-15/h4,6,8,10,12-13,15H,5,7,9,11H2,1-3H3,(H,21,22)/t13-,15+/m0/s1. The molecule has 0 unspecified atom stereocenters. The van der Waals surface area contributed by atoms with Crippen molar-refractivity contribution in [1.29, 1.82) is 0 Å². The molecule has 2 atom stereocenters. The fourth-order valence-corrected chi connectivity index (χ4v) is 2.94. The zero-order valence-corrected chi connectivity index (χ0v) is 13.9. The third kappa shape index (κ3) is 5.19. The maximum atomic E-state index is 13.5. The van der Waals surface area contributed by atoms with Crippen molar-refractivity contribution >= 4 is 5.91 Å². The van der Waals surface area contributed by atoms with Gasteiger partial charge in [0.05, 0.1) is 12.1 Å². The number of hydrogen-bond acceptors (Lipinski definition) is 2. The molecule has 1 aromatic carbocycles. The highest BCUT2D eigenvalue weighted by Crippen LogP contribution is 2.37. The lowest BCUT2D eigenvalue weighted by molar-refractivity contribution is -0.132. The van der Waals surface area contributed by atoms with E-state index < -0.39 is 11.8 Å². The Balaban J connectivity index is 1.98. The number of halogens is 2. The van der Waals surface area contributed by atoms with E-state index in [1.54, 1.807) is 0 Å². The van der Waals surface area contributed by atoms with Gasteiger partial charge in [0, 0.05) is 18.8 Å². The number of carbonyl (C=O) groups is 1. The van der Waals surface area contributed by atoms with Crippen molar-refractivity contribution in [2.45, 2.75) is 64.5 Å². The molecule has 1 aliphatic carbocycles. The number of amides is 1. The van der Waals surface area contributed by atoms with Gasteiger partial charge in [-0.1, -0.05) is 12.1 Å². The molecule has 0 saturated heterocycles. The van der Waals surface area contributed by atoms with Crippen LogP contribution in [0.1, 0.15) is 58.1 Å². The first-order chi connectivity index (χ1) is 10.8. The van der Waals surface area contributed by atoms with Crippen LogP contribution < -0.4 is 10.1 Å². The molecule has 1 amide bonds. The summed E-state index contributed by atoms with van der Waals surface area (Å²) in [5, 5.41) is 2.86. The molecule has 0 radical (unpaired) electrons. The Morgan fingerprint density at radius 3 is 2.74 bits per heavy atom. The SMILES string of the molecule is CC(C)Oc1cccc([C@H](C)NC(=O)[C@@H]2CCCC(F)(F)C2)c1. The Morgan fingerprint density at radius 2 is 2.09 bits per heavy atom. The van der Waals surface area contributed by atoms with Gasteiger partial charge in [0.1, 0.15) is 5.75 Å². The van der Waals surface area contributed by atoms with E-state index in [0.29, 0.717) is 12.8 Å². The summed E-state index contributed by atoms with van der Waals surface area (Å²) in [4.78, 5) is 12.3. The van der Waals surface area contributed by atoms with Gasteiger partial charge < -0.3 is 10.1 Å². The molecule has 1 aliphatic rings. The lowest BCUT2D eigenvalue weighted by Crippen LogP contribution is -2.38. The minimum Gasteiger partial charge on any atom is -0.491 e. The molecule has 2 rings (SSSR count). The Bertz CT molecular complexity index is 546. The summed E-state index contributed by atoms with van der Waals surface area (Å²) in [6, 6.07) is 7.26. The van der Waals surface area contributed by atoms with Crippen LogP contribution in [-0.4, -0.2) is 17.9 Å². The van der Waals surface area contributed by atoms with E-state index in [1.165, 1.54) is 0 Å². The van der Waals surface area contributed by atoms with Gasteiger partial charge in [0.2, 0.25) is 11.8 Å². The van der Waals surface area contributed by atoms with Crippen LogP contribution in [0, 0.1) is 5.92 Å². The first kappa shape index (κ1) is 17.7. The van der Waals surface area contributed by atoms with E-state index in [2.05, 4.69) is 5.32 Å². The molecule has 1 N–H and O–H groups in total. The Kier molecular flexibility index (Phi) is 5.60. The van der Waals surface area contributed by atoms with Crippen molar-refractivity contribution in [3.05, 3.63) is 29.8 Å². The highest BCUT2D eigenvalue weighted by Gasteiger charge is 2.39. The number of benzene rings is 1. The van der Waals surface area contributed by atoms with Gasteiger partial charge in [-0.3, -0.25) is 4.79 Å². The normalized spacial score (nSPS) is 21.7. The topological polar surface area (TPSA) is 38.3 Å².